The van der Waals surface area contributed by atoms with Gasteiger partial charge < -0.3 is 10.6 Å². The van der Waals surface area contributed by atoms with E-state index in [0.717, 1.165) is 19.5 Å². The van der Waals surface area contributed by atoms with E-state index in [9.17, 15) is 4.79 Å². The van der Waals surface area contributed by atoms with E-state index < -0.39 is 0 Å². The van der Waals surface area contributed by atoms with Crippen LogP contribution in [0, 0.1) is 5.92 Å². The van der Waals surface area contributed by atoms with Crippen molar-refractivity contribution in [1.29, 1.82) is 0 Å². The van der Waals surface area contributed by atoms with Crippen molar-refractivity contribution in [2.45, 2.75) is 45.6 Å². The lowest BCUT2D eigenvalue weighted by Gasteiger charge is -2.11. The lowest BCUT2D eigenvalue weighted by molar-refractivity contribution is -0.121. The first-order valence-electron chi connectivity index (χ1n) is 5.68. The molecule has 0 radical (unpaired) electrons. The maximum absolute atomic E-state index is 11.3. The lowest BCUT2D eigenvalue weighted by Crippen LogP contribution is -2.31. The van der Waals surface area contributed by atoms with E-state index in [1.807, 2.05) is 0 Å². The standard InChI is InChI=1S/C11H22N2O/c1-9(2)8-11(14)13-7-5-10-4-3-6-12-10/h9-10,12H,3-8H2,1-2H3,(H,13,14)/t10-/m0/s1. The number of nitrogens with one attached hydrogen (secondary N) is 2. The minimum absolute atomic E-state index is 0.193. The molecule has 0 aromatic rings. The van der Waals surface area contributed by atoms with E-state index in [0.29, 0.717) is 18.4 Å². The van der Waals surface area contributed by atoms with Gasteiger partial charge in [0.25, 0.3) is 0 Å². The summed E-state index contributed by atoms with van der Waals surface area (Å²) in [6.07, 6.45) is 4.27. The summed E-state index contributed by atoms with van der Waals surface area (Å²) in [7, 11) is 0. The van der Waals surface area contributed by atoms with Gasteiger partial charge in [0.15, 0.2) is 0 Å². The maximum Gasteiger partial charge on any atom is 0.220 e. The van der Waals surface area contributed by atoms with Crippen LogP contribution in [-0.2, 0) is 4.79 Å². The Morgan fingerprint density at radius 1 is 1.57 bits per heavy atom. The Bertz CT molecular complexity index is 174. The molecule has 1 saturated heterocycles. The Balaban J connectivity index is 1.99. The number of carbonyl (C=O) groups is 1. The third-order valence-electron chi connectivity index (χ3n) is 2.57. The van der Waals surface area contributed by atoms with Crippen molar-refractivity contribution in [2.75, 3.05) is 13.1 Å². The highest BCUT2D eigenvalue weighted by molar-refractivity contribution is 5.75. The number of rotatable bonds is 5. The lowest BCUT2D eigenvalue weighted by atomic mass is 10.1. The molecule has 0 spiro atoms. The topological polar surface area (TPSA) is 41.1 Å². The molecule has 1 atom stereocenters. The molecular weight excluding hydrogens is 176 g/mol. The van der Waals surface area contributed by atoms with Crippen molar-refractivity contribution in [2.24, 2.45) is 5.92 Å². The zero-order valence-corrected chi connectivity index (χ0v) is 9.31. The molecule has 82 valence electrons. The second-order valence-electron chi connectivity index (χ2n) is 4.53. The fourth-order valence-corrected chi connectivity index (χ4v) is 1.83. The molecule has 1 amide bonds. The molecule has 3 nitrogen and oxygen atoms in total. The molecule has 0 aliphatic carbocycles. The molecule has 1 fully saturated rings. The van der Waals surface area contributed by atoms with Gasteiger partial charge in [0.1, 0.15) is 0 Å². The molecule has 0 aromatic heterocycles. The van der Waals surface area contributed by atoms with Crippen LogP contribution in [0.1, 0.15) is 39.5 Å². The highest BCUT2D eigenvalue weighted by Crippen LogP contribution is 2.07. The number of hydrogen-bond donors (Lipinski definition) is 2. The molecule has 2 N–H and O–H groups in total. The second kappa shape index (κ2) is 6.02. The van der Waals surface area contributed by atoms with E-state index in [4.69, 9.17) is 0 Å². The highest BCUT2D eigenvalue weighted by Gasteiger charge is 2.13. The van der Waals surface area contributed by atoms with Crippen LogP contribution in [0.15, 0.2) is 0 Å². The molecule has 0 unspecified atom stereocenters. The molecule has 1 aliphatic heterocycles. The summed E-state index contributed by atoms with van der Waals surface area (Å²) >= 11 is 0. The van der Waals surface area contributed by atoms with Crippen LogP contribution in [0.2, 0.25) is 0 Å². The monoisotopic (exact) mass is 198 g/mol. The summed E-state index contributed by atoms with van der Waals surface area (Å²) in [5.74, 6) is 0.651. The quantitative estimate of drug-likeness (QED) is 0.699. The minimum Gasteiger partial charge on any atom is -0.356 e. The Hall–Kier alpha value is -0.570. The van der Waals surface area contributed by atoms with Gasteiger partial charge in [-0.1, -0.05) is 13.8 Å². The van der Waals surface area contributed by atoms with E-state index in [2.05, 4.69) is 24.5 Å². The van der Waals surface area contributed by atoms with Crippen LogP contribution in [0.25, 0.3) is 0 Å². The third kappa shape index (κ3) is 4.61. The summed E-state index contributed by atoms with van der Waals surface area (Å²) in [4.78, 5) is 11.3. The van der Waals surface area contributed by atoms with E-state index in [1.165, 1.54) is 12.8 Å². The van der Waals surface area contributed by atoms with Crippen LogP contribution >= 0.6 is 0 Å². The van der Waals surface area contributed by atoms with Gasteiger partial charge in [-0.15, -0.1) is 0 Å². The molecule has 0 bridgehead atoms. The fraction of sp³-hybridized carbons (Fsp3) is 0.909. The van der Waals surface area contributed by atoms with Gasteiger partial charge in [0.2, 0.25) is 5.91 Å². The van der Waals surface area contributed by atoms with Crippen LogP contribution in [-0.4, -0.2) is 25.0 Å². The van der Waals surface area contributed by atoms with Crippen molar-refractivity contribution in [3.8, 4) is 0 Å². The molecular formula is C11H22N2O. The molecule has 1 rings (SSSR count). The van der Waals surface area contributed by atoms with Gasteiger partial charge in [-0.3, -0.25) is 4.79 Å². The van der Waals surface area contributed by atoms with Gasteiger partial charge in [-0.05, 0) is 31.7 Å². The summed E-state index contributed by atoms with van der Waals surface area (Å²) in [5, 5.41) is 6.38. The van der Waals surface area contributed by atoms with Crippen molar-refractivity contribution in [1.82, 2.24) is 10.6 Å². The van der Waals surface area contributed by atoms with E-state index in [1.54, 1.807) is 0 Å². The van der Waals surface area contributed by atoms with Crippen LogP contribution < -0.4 is 10.6 Å². The summed E-state index contributed by atoms with van der Waals surface area (Å²) in [5.41, 5.74) is 0. The van der Waals surface area contributed by atoms with Gasteiger partial charge >= 0.3 is 0 Å². The second-order valence-corrected chi connectivity index (χ2v) is 4.53. The smallest absolute Gasteiger partial charge is 0.220 e. The van der Waals surface area contributed by atoms with Crippen molar-refractivity contribution < 1.29 is 4.79 Å². The van der Waals surface area contributed by atoms with E-state index in [-0.39, 0.29) is 5.91 Å². The fourth-order valence-electron chi connectivity index (χ4n) is 1.83. The number of amides is 1. The Morgan fingerprint density at radius 2 is 2.36 bits per heavy atom. The van der Waals surface area contributed by atoms with Gasteiger partial charge in [0, 0.05) is 19.0 Å². The van der Waals surface area contributed by atoms with Crippen molar-refractivity contribution >= 4 is 5.91 Å². The summed E-state index contributed by atoms with van der Waals surface area (Å²) < 4.78 is 0. The zero-order valence-electron chi connectivity index (χ0n) is 9.31. The average Bonchev–Trinajstić information content (AvgIpc) is 2.55. The molecule has 3 heteroatoms. The average molecular weight is 198 g/mol. The molecule has 0 saturated carbocycles. The number of carbonyl (C=O) groups excluding carboxylic acids is 1. The van der Waals surface area contributed by atoms with Crippen LogP contribution in [0.5, 0.6) is 0 Å². The SMILES string of the molecule is CC(C)CC(=O)NCC[C@@H]1CCCN1. The molecule has 1 aliphatic rings. The van der Waals surface area contributed by atoms with Gasteiger partial charge in [-0.2, -0.15) is 0 Å². The minimum atomic E-state index is 0.193. The van der Waals surface area contributed by atoms with Crippen LogP contribution in [0.3, 0.4) is 0 Å². The third-order valence-corrected chi connectivity index (χ3v) is 2.57. The van der Waals surface area contributed by atoms with Crippen LogP contribution in [0.4, 0.5) is 0 Å². The Labute approximate surface area is 86.6 Å². The summed E-state index contributed by atoms with van der Waals surface area (Å²) in [6, 6.07) is 0.634. The predicted octanol–water partition coefficient (Wildman–Crippen LogP) is 1.29. The van der Waals surface area contributed by atoms with Crippen molar-refractivity contribution in [3.05, 3.63) is 0 Å². The Kier molecular flexibility index (Phi) is 4.94. The molecule has 0 aromatic carbocycles. The first kappa shape index (κ1) is 11.5. The van der Waals surface area contributed by atoms with Gasteiger partial charge in [0.05, 0.1) is 0 Å². The first-order valence-corrected chi connectivity index (χ1v) is 5.68. The largest absolute Gasteiger partial charge is 0.356 e. The van der Waals surface area contributed by atoms with E-state index >= 15 is 0 Å². The Morgan fingerprint density at radius 3 is 2.93 bits per heavy atom. The summed E-state index contributed by atoms with van der Waals surface area (Å²) in [6.45, 7) is 6.10. The maximum atomic E-state index is 11.3. The normalized spacial score (nSPS) is 21.5. The highest BCUT2D eigenvalue weighted by atomic mass is 16.1. The molecule has 1 heterocycles. The molecule has 14 heavy (non-hydrogen) atoms. The van der Waals surface area contributed by atoms with Crippen molar-refractivity contribution in [3.63, 3.8) is 0 Å². The predicted molar refractivity (Wildman–Crippen MR) is 58.1 cm³/mol. The zero-order chi connectivity index (χ0) is 10.4. The number of hydrogen-bond acceptors (Lipinski definition) is 2. The van der Waals surface area contributed by atoms with Gasteiger partial charge in [-0.25, -0.2) is 0 Å². The first-order chi connectivity index (χ1) is 6.68.